The molecule has 1 N–H and O–H groups in total. The molecule has 10 nitrogen and oxygen atoms in total. The molecular weight excluding hydrogens is 412 g/mol. The maximum absolute atomic E-state index is 12.7. The largest absolute Gasteiger partial charge is 0.493 e. The Hall–Kier alpha value is -3.18. The normalized spacial score (nSPS) is 14.7. The topological polar surface area (TPSA) is 123 Å². The summed E-state index contributed by atoms with van der Waals surface area (Å²) >= 11 is 0. The fourth-order valence-electron chi connectivity index (χ4n) is 3.10. The van der Waals surface area contributed by atoms with Gasteiger partial charge in [-0.25, -0.2) is 8.42 Å². The first-order chi connectivity index (χ1) is 14.4. The molecular formula is C19H22N4O6S. The van der Waals surface area contributed by atoms with Gasteiger partial charge in [0.05, 0.1) is 30.3 Å². The van der Waals surface area contributed by atoms with E-state index in [1.165, 1.54) is 36.9 Å². The van der Waals surface area contributed by atoms with E-state index < -0.39 is 14.9 Å². The summed E-state index contributed by atoms with van der Waals surface area (Å²) in [6.45, 7) is 0.845. The van der Waals surface area contributed by atoms with Gasteiger partial charge in [-0.1, -0.05) is 0 Å². The van der Waals surface area contributed by atoms with Crippen molar-refractivity contribution >= 4 is 27.6 Å². The van der Waals surface area contributed by atoms with Crippen molar-refractivity contribution < 1.29 is 22.8 Å². The number of ether oxygens (including phenoxy) is 2. The van der Waals surface area contributed by atoms with Gasteiger partial charge in [-0.15, -0.1) is 0 Å². The van der Waals surface area contributed by atoms with Crippen molar-refractivity contribution in [2.45, 2.75) is 17.7 Å². The van der Waals surface area contributed by atoms with E-state index in [2.05, 4.69) is 10.5 Å². The number of methoxy groups -OCH3 is 2. The molecule has 1 fully saturated rings. The number of hydrazone groups is 1. The summed E-state index contributed by atoms with van der Waals surface area (Å²) < 4.78 is 37.1. The van der Waals surface area contributed by atoms with Crippen molar-refractivity contribution in [1.29, 1.82) is 0 Å². The van der Waals surface area contributed by atoms with Crippen LogP contribution in [0.4, 0.5) is 11.4 Å². The molecule has 2 aromatic carbocycles. The molecule has 0 aliphatic carbocycles. The second kappa shape index (κ2) is 9.09. The van der Waals surface area contributed by atoms with E-state index in [9.17, 15) is 18.5 Å². The first-order valence-corrected chi connectivity index (χ1v) is 10.6. The van der Waals surface area contributed by atoms with E-state index in [1.807, 2.05) is 0 Å². The Bertz CT molecular complexity index is 1060. The third-order valence-electron chi connectivity index (χ3n) is 4.67. The van der Waals surface area contributed by atoms with Crippen molar-refractivity contribution in [3.05, 3.63) is 52.1 Å². The minimum Gasteiger partial charge on any atom is -0.493 e. The molecule has 0 spiro atoms. The Morgan fingerprint density at radius 2 is 1.80 bits per heavy atom. The molecule has 0 amide bonds. The Morgan fingerprint density at radius 3 is 2.43 bits per heavy atom. The lowest BCUT2D eigenvalue weighted by molar-refractivity contribution is -0.384. The molecule has 11 heteroatoms. The molecule has 1 heterocycles. The first-order valence-electron chi connectivity index (χ1n) is 9.16. The Balaban J connectivity index is 1.82. The number of sulfonamides is 1. The zero-order valence-corrected chi connectivity index (χ0v) is 17.4. The summed E-state index contributed by atoms with van der Waals surface area (Å²) in [5, 5.41) is 15.5. The second-order valence-electron chi connectivity index (χ2n) is 6.53. The van der Waals surface area contributed by atoms with Gasteiger partial charge in [-0.05, 0) is 48.7 Å². The molecule has 0 aromatic heterocycles. The van der Waals surface area contributed by atoms with Crippen LogP contribution in [0.3, 0.4) is 0 Å². The predicted octanol–water partition coefficient (Wildman–Crippen LogP) is 2.84. The van der Waals surface area contributed by atoms with Crippen LogP contribution < -0.4 is 14.9 Å². The van der Waals surface area contributed by atoms with Crippen LogP contribution in [0.2, 0.25) is 0 Å². The molecule has 1 saturated heterocycles. The van der Waals surface area contributed by atoms with Crippen LogP contribution in [-0.2, 0) is 10.0 Å². The van der Waals surface area contributed by atoms with Crippen molar-refractivity contribution in [3.63, 3.8) is 0 Å². The van der Waals surface area contributed by atoms with E-state index in [1.54, 1.807) is 18.2 Å². The third kappa shape index (κ3) is 4.52. The van der Waals surface area contributed by atoms with Crippen LogP contribution in [-0.4, -0.2) is 51.2 Å². The smallest absolute Gasteiger partial charge is 0.295 e. The van der Waals surface area contributed by atoms with Gasteiger partial charge in [-0.3, -0.25) is 15.5 Å². The quantitative estimate of drug-likeness (QED) is 0.385. The Morgan fingerprint density at radius 1 is 1.10 bits per heavy atom. The predicted molar refractivity (Wildman–Crippen MR) is 112 cm³/mol. The molecule has 3 rings (SSSR count). The monoisotopic (exact) mass is 434 g/mol. The van der Waals surface area contributed by atoms with E-state index in [-0.39, 0.29) is 16.3 Å². The van der Waals surface area contributed by atoms with Crippen LogP contribution in [0.15, 0.2) is 46.4 Å². The van der Waals surface area contributed by atoms with E-state index >= 15 is 0 Å². The van der Waals surface area contributed by atoms with Crippen molar-refractivity contribution in [2.24, 2.45) is 5.10 Å². The van der Waals surface area contributed by atoms with Gasteiger partial charge >= 0.3 is 0 Å². The molecule has 1 aliphatic rings. The molecule has 2 aromatic rings. The fourth-order valence-corrected chi connectivity index (χ4v) is 4.64. The summed E-state index contributed by atoms with van der Waals surface area (Å²) in [7, 11) is -0.713. The average Bonchev–Trinajstić information content (AvgIpc) is 3.29. The Labute approximate surface area is 174 Å². The summed E-state index contributed by atoms with van der Waals surface area (Å²) in [6, 6.07) is 8.89. The number of benzene rings is 2. The number of hydrogen-bond donors (Lipinski definition) is 1. The van der Waals surface area contributed by atoms with Crippen LogP contribution in [0, 0.1) is 10.1 Å². The van der Waals surface area contributed by atoms with Crippen LogP contribution in [0.1, 0.15) is 18.4 Å². The summed E-state index contributed by atoms with van der Waals surface area (Å²) in [6.07, 6.45) is 3.03. The maximum atomic E-state index is 12.7. The number of nitrogens with one attached hydrogen (secondary N) is 1. The minimum atomic E-state index is -3.75. The van der Waals surface area contributed by atoms with Gasteiger partial charge in [0.1, 0.15) is 5.69 Å². The number of nitro groups is 1. The first kappa shape index (κ1) is 21.5. The molecule has 0 saturated carbocycles. The number of anilines is 1. The van der Waals surface area contributed by atoms with Crippen LogP contribution in [0.25, 0.3) is 0 Å². The molecule has 1 aliphatic heterocycles. The second-order valence-corrected chi connectivity index (χ2v) is 8.47. The molecule has 0 bridgehead atoms. The van der Waals surface area contributed by atoms with Gasteiger partial charge in [0.15, 0.2) is 11.5 Å². The highest BCUT2D eigenvalue weighted by molar-refractivity contribution is 7.89. The lowest BCUT2D eigenvalue weighted by atomic mass is 10.2. The summed E-state index contributed by atoms with van der Waals surface area (Å²) in [4.78, 5) is 10.7. The van der Waals surface area contributed by atoms with Crippen molar-refractivity contribution in [3.8, 4) is 11.5 Å². The van der Waals surface area contributed by atoms with E-state index in [0.29, 0.717) is 30.2 Å². The van der Waals surface area contributed by atoms with Gasteiger partial charge in [0.2, 0.25) is 10.0 Å². The maximum Gasteiger partial charge on any atom is 0.295 e. The number of rotatable bonds is 8. The molecule has 0 radical (unpaired) electrons. The third-order valence-corrected chi connectivity index (χ3v) is 6.57. The highest BCUT2D eigenvalue weighted by atomic mass is 32.2. The zero-order valence-electron chi connectivity index (χ0n) is 16.6. The van der Waals surface area contributed by atoms with Crippen molar-refractivity contribution in [2.75, 3.05) is 32.7 Å². The van der Waals surface area contributed by atoms with E-state index in [0.717, 1.165) is 18.9 Å². The van der Waals surface area contributed by atoms with Crippen LogP contribution >= 0.6 is 0 Å². The summed E-state index contributed by atoms with van der Waals surface area (Å²) in [5.74, 6) is 1.08. The van der Waals surface area contributed by atoms with Gasteiger partial charge < -0.3 is 9.47 Å². The van der Waals surface area contributed by atoms with Gasteiger partial charge in [0, 0.05) is 19.2 Å². The Kier molecular flexibility index (Phi) is 6.53. The lowest BCUT2D eigenvalue weighted by Crippen LogP contribution is -2.27. The summed E-state index contributed by atoms with van der Waals surface area (Å²) in [5.41, 5.74) is 2.99. The van der Waals surface area contributed by atoms with Gasteiger partial charge in [-0.2, -0.15) is 9.41 Å². The highest BCUT2D eigenvalue weighted by Crippen LogP contribution is 2.30. The number of nitro benzene ring substituents is 1. The molecule has 0 atom stereocenters. The number of hydrogen-bond acceptors (Lipinski definition) is 8. The minimum absolute atomic E-state index is 0.0806. The highest BCUT2D eigenvalue weighted by Gasteiger charge is 2.29. The zero-order chi connectivity index (χ0) is 21.7. The molecule has 0 unspecified atom stereocenters. The number of nitrogens with zero attached hydrogens (tertiary/aromatic N) is 3. The molecule has 160 valence electrons. The fraction of sp³-hybridized carbons (Fsp3) is 0.316. The standard InChI is InChI=1S/C19H22N4O6S/c1-28-18-8-5-14(11-19(18)29-2)13-20-21-16-7-6-15(12-17(16)23(24)25)30(26,27)22-9-3-4-10-22/h5-8,11-13,21H,3-4,9-10H2,1-2H3/b20-13+. The average molecular weight is 434 g/mol. The van der Waals surface area contributed by atoms with Gasteiger partial charge in [0.25, 0.3) is 5.69 Å². The van der Waals surface area contributed by atoms with Crippen molar-refractivity contribution in [1.82, 2.24) is 4.31 Å². The SMILES string of the molecule is COc1ccc(/C=N/Nc2ccc(S(=O)(=O)N3CCCC3)cc2[N+](=O)[O-])cc1OC. The molecule has 30 heavy (non-hydrogen) atoms. The van der Waals surface area contributed by atoms with Crippen LogP contribution in [0.5, 0.6) is 11.5 Å². The lowest BCUT2D eigenvalue weighted by Gasteiger charge is -2.15. The van der Waals surface area contributed by atoms with E-state index in [4.69, 9.17) is 9.47 Å².